The number of ether oxygens (including phenoxy) is 2. The average Bonchev–Trinajstić information content (AvgIpc) is 2.48. The van der Waals surface area contributed by atoms with Crippen LogP contribution in [0.15, 0.2) is 24.3 Å². The van der Waals surface area contributed by atoms with Gasteiger partial charge in [0.15, 0.2) is 0 Å². The van der Waals surface area contributed by atoms with Crippen LogP contribution < -0.4 is 15.4 Å². The van der Waals surface area contributed by atoms with Crippen LogP contribution in [0.1, 0.15) is 33.6 Å². The Morgan fingerprint density at radius 2 is 2.29 bits per heavy atom. The number of anilines is 1. The third kappa shape index (κ3) is 5.56. The molecule has 118 valence electrons. The summed E-state index contributed by atoms with van der Waals surface area (Å²) in [5.41, 5.74) is 1.11. The highest BCUT2D eigenvalue weighted by Gasteiger charge is 2.16. The first-order valence-corrected chi connectivity index (χ1v) is 8.01. The monoisotopic (exact) mass is 292 g/mol. The van der Waals surface area contributed by atoms with Crippen molar-refractivity contribution in [3.05, 3.63) is 24.3 Å². The maximum atomic E-state index is 5.86. The lowest BCUT2D eigenvalue weighted by molar-refractivity contribution is 0.0731. The second-order valence-corrected chi connectivity index (χ2v) is 5.87. The van der Waals surface area contributed by atoms with Crippen LogP contribution in [0.3, 0.4) is 0 Å². The van der Waals surface area contributed by atoms with Gasteiger partial charge in [-0.3, -0.25) is 0 Å². The van der Waals surface area contributed by atoms with Gasteiger partial charge in [0, 0.05) is 30.4 Å². The van der Waals surface area contributed by atoms with Gasteiger partial charge < -0.3 is 20.1 Å². The first-order valence-electron chi connectivity index (χ1n) is 8.01. The van der Waals surface area contributed by atoms with Gasteiger partial charge in [-0.05, 0) is 38.8 Å². The van der Waals surface area contributed by atoms with E-state index < -0.39 is 0 Å². The van der Waals surface area contributed by atoms with E-state index in [1.54, 1.807) is 0 Å². The Hall–Kier alpha value is -1.26. The van der Waals surface area contributed by atoms with E-state index in [0.717, 1.165) is 44.0 Å². The molecule has 2 N–H and O–H groups in total. The van der Waals surface area contributed by atoms with Gasteiger partial charge >= 0.3 is 0 Å². The maximum Gasteiger partial charge on any atom is 0.121 e. The molecule has 1 saturated heterocycles. The van der Waals surface area contributed by atoms with Crippen LogP contribution in [0.5, 0.6) is 5.75 Å². The molecular formula is C17H28N2O2. The lowest BCUT2D eigenvalue weighted by atomic mass is 10.1. The maximum absolute atomic E-state index is 5.86. The minimum Gasteiger partial charge on any atom is -0.491 e. The van der Waals surface area contributed by atoms with Gasteiger partial charge in [0.1, 0.15) is 5.75 Å². The highest BCUT2D eigenvalue weighted by Crippen LogP contribution is 2.20. The number of hydrogen-bond donors (Lipinski definition) is 2. The quantitative estimate of drug-likeness (QED) is 0.810. The topological polar surface area (TPSA) is 42.5 Å². The lowest BCUT2D eigenvalue weighted by Crippen LogP contribution is -2.43. The molecule has 1 aromatic carbocycles. The molecule has 0 aromatic heterocycles. The summed E-state index contributed by atoms with van der Waals surface area (Å²) in [4.78, 5) is 0. The Balaban J connectivity index is 1.84. The van der Waals surface area contributed by atoms with Crippen LogP contribution in [0.4, 0.5) is 5.69 Å². The van der Waals surface area contributed by atoms with E-state index in [4.69, 9.17) is 9.47 Å². The van der Waals surface area contributed by atoms with Crippen molar-refractivity contribution in [3.8, 4) is 5.75 Å². The standard InChI is InChI=1S/C17H28N2O2/c1-4-14(3)21-17-7-5-6-15(11-17)19-13(2)10-16-12-20-9-8-18-16/h5-7,11,13-14,16,18-19H,4,8-10,12H2,1-3H3. The van der Waals surface area contributed by atoms with Crippen LogP contribution in [0, 0.1) is 0 Å². The van der Waals surface area contributed by atoms with Crippen LogP contribution in [-0.2, 0) is 4.74 Å². The summed E-state index contributed by atoms with van der Waals surface area (Å²) in [6.45, 7) is 9.02. The zero-order valence-corrected chi connectivity index (χ0v) is 13.4. The molecule has 3 atom stereocenters. The van der Waals surface area contributed by atoms with E-state index in [2.05, 4.69) is 43.5 Å². The number of rotatable bonds is 7. The van der Waals surface area contributed by atoms with E-state index in [0.29, 0.717) is 12.1 Å². The molecule has 4 heteroatoms. The zero-order chi connectivity index (χ0) is 15.1. The molecule has 0 radical (unpaired) electrons. The van der Waals surface area contributed by atoms with Crippen LogP contribution in [0.25, 0.3) is 0 Å². The molecule has 3 unspecified atom stereocenters. The van der Waals surface area contributed by atoms with Gasteiger partial charge in [-0.25, -0.2) is 0 Å². The average molecular weight is 292 g/mol. The molecular weight excluding hydrogens is 264 g/mol. The van der Waals surface area contributed by atoms with Crippen LogP contribution in [0.2, 0.25) is 0 Å². The second kappa shape index (κ2) is 8.25. The van der Waals surface area contributed by atoms with Gasteiger partial charge in [0.05, 0.1) is 19.3 Å². The summed E-state index contributed by atoms with van der Waals surface area (Å²) in [5.74, 6) is 0.931. The van der Waals surface area contributed by atoms with Crippen molar-refractivity contribution in [2.24, 2.45) is 0 Å². The van der Waals surface area contributed by atoms with Gasteiger partial charge in [-0.2, -0.15) is 0 Å². The molecule has 1 fully saturated rings. The summed E-state index contributed by atoms with van der Waals surface area (Å²) >= 11 is 0. The van der Waals surface area contributed by atoms with Crippen molar-refractivity contribution >= 4 is 5.69 Å². The van der Waals surface area contributed by atoms with Crippen molar-refractivity contribution in [2.75, 3.05) is 25.1 Å². The number of morpholine rings is 1. The van der Waals surface area contributed by atoms with E-state index in [-0.39, 0.29) is 6.10 Å². The predicted molar refractivity (Wildman–Crippen MR) is 87.1 cm³/mol. The second-order valence-electron chi connectivity index (χ2n) is 5.87. The molecule has 2 rings (SSSR count). The molecule has 0 spiro atoms. The molecule has 1 aliphatic heterocycles. The summed E-state index contributed by atoms with van der Waals surface area (Å²) in [6, 6.07) is 9.05. The first kappa shape index (κ1) is 16.1. The largest absolute Gasteiger partial charge is 0.491 e. The highest BCUT2D eigenvalue weighted by molar-refractivity contribution is 5.48. The third-order valence-corrected chi connectivity index (χ3v) is 3.80. The third-order valence-electron chi connectivity index (χ3n) is 3.80. The predicted octanol–water partition coefficient (Wildman–Crippen LogP) is 3.04. The minimum absolute atomic E-state index is 0.251. The lowest BCUT2D eigenvalue weighted by Gasteiger charge is -2.27. The summed E-state index contributed by atoms with van der Waals surface area (Å²) in [7, 11) is 0. The molecule has 1 heterocycles. The number of nitrogens with one attached hydrogen (secondary N) is 2. The van der Waals surface area contributed by atoms with Crippen molar-refractivity contribution < 1.29 is 9.47 Å². The van der Waals surface area contributed by atoms with Gasteiger partial charge in [0.25, 0.3) is 0 Å². The van der Waals surface area contributed by atoms with Crippen molar-refractivity contribution in [1.29, 1.82) is 0 Å². The SMILES string of the molecule is CCC(C)Oc1cccc(NC(C)CC2COCCN2)c1. The van der Waals surface area contributed by atoms with Gasteiger partial charge in [-0.15, -0.1) is 0 Å². The summed E-state index contributed by atoms with van der Waals surface area (Å²) < 4.78 is 11.4. The molecule has 1 aromatic rings. The Kier molecular flexibility index (Phi) is 6.33. The molecule has 21 heavy (non-hydrogen) atoms. The summed E-state index contributed by atoms with van der Waals surface area (Å²) in [6.07, 6.45) is 2.32. The van der Waals surface area contributed by atoms with Crippen LogP contribution in [-0.4, -0.2) is 37.9 Å². The fraction of sp³-hybridized carbons (Fsp3) is 0.647. The molecule has 0 amide bonds. The van der Waals surface area contributed by atoms with Crippen molar-refractivity contribution in [3.63, 3.8) is 0 Å². The van der Waals surface area contributed by atoms with Gasteiger partial charge in [0.2, 0.25) is 0 Å². The molecule has 1 aliphatic rings. The van der Waals surface area contributed by atoms with E-state index in [1.165, 1.54) is 0 Å². The fourth-order valence-electron chi connectivity index (χ4n) is 2.52. The molecule has 0 aliphatic carbocycles. The smallest absolute Gasteiger partial charge is 0.121 e. The molecule has 4 nitrogen and oxygen atoms in total. The normalized spacial score (nSPS) is 21.6. The molecule has 0 saturated carbocycles. The summed E-state index contributed by atoms with van der Waals surface area (Å²) in [5, 5.41) is 7.04. The fourth-order valence-corrected chi connectivity index (χ4v) is 2.52. The Morgan fingerprint density at radius 1 is 1.43 bits per heavy atom. The Morgan fingerprint density at radius 3 is 3.00 bits per heavy atom. The number of hydrogen-bond acceptors (Lipinski definition) is 4. The molecule has 0 bridgehead atoms. The Labute approximate surface area is 128 Å². The van der Waals surface area contributed by atoms with Crippen molar-refractivity contribution in [2.45, 2.75) is 51.8 Å². The zero-order valence-electron chi connectivity index (χ0n) is 13.4. The first-order chi connectivity index (χ1) is 10.2. The van der Waals surface area contributed by atoms with Crippen molar-refractivity contribution in [1.82, 2.24) is 5.32 Å². The Bertz CT molecular complexity index is 419. The van der Waals surface area contributed by atoms with E-state index in [9.17, 15) is 0 Å². The number of benzene rings is 1. The van der Waals surface area contributed by atoms with Gasteiger partial charge in [-0.1, -0.05) is 13.0 Å². The van der Waals surface area contributed by atoms with Crippen LogP contribution >= 0.6 is 0 Å². The highest BCUT2D eigenvalue weighted by atomic mass is 16.5. The van der Waals surface area contributed by atoms with E-state index >= 15 is 0 Å². The van der Waals surface area contributed by atoms with E-state index in [1.807, 2.05) is 12.1 Å². The minimum atomic E-state index is 0.251.